The maximum Gasteiger partial charge on any atom is 0.263 e. The summed E-state index contributed by atoms with van der Waals surface area (Å²) in [4.78, 5) is 20.9. The quantitative estimate of drug-likeness (QED) is 0.538. The van der Waals surface area contributed by atoms with Crippen molar-refractivity contribution in [3.05, 3.63) is 69.6 Å². The molecule has 0 aliphatic carbocycles. The van der Waals surface area contributed by atoms with Crippen LogP contribution in [0.5, 0.6) is 5.75 Å². The average molecular weight is 481 g/mol. The second-order valence-corrected chi connectivity index (χ2v) is 8.96. The Labute approximate surface area is 189 Å². The molecule has 8 nitrogen and oxygen atoms in total. The fourth-order valence-electron chi connectivity index (χ4n) is 2.82. The van der Waals surface area contributed by atoms with Crippen LogP contribution < -0.4 is 14.8 Å². The molecule has 11 heteroatoms. The van der Waals surface area contributed by atoms with Gasteiger partial charge in [-0.2, -0.15) is 0 Å². The minimum atomic E-state index is -3.88. The molecule has 1 heterocycles. The normalized spacial score (nSPS) is 11.1. The average Bonchev–Trinajstić information content (AvgIpc) is 2.68. The van der Waals surface area contributed by atoms with Crippen molar-refractivity contribution in [3.8, 4) is 5.75 Å². The molecule has 0 bridgehead atoms. The van der Waals surface area contributed by atoms with E-state index in [1.54, 1.807) is 13.8 Å². The van der Waals surface area contributed by atoms with E-state index in [0.717, 1.165) is 0 Å². The van der Waals surface area contributed by atoms with Crippen molar-refractivity contribution in [2.75, 3.05) is 17.1 Å². The van der Waals surface area contributed by atoms with E-state index in [4.69, 9.17) is 27.9 Å². The van der Waals surface area contributed by atoms with Gasteiger partial charge in [-0.15, -0.1) is 0 Å². The molecule has 0 fully saturated rings. The number of hydrogen-bond donors (Lipinski definition) is 2. The summed E-state index contributed by atoms with van der Waals surface area (Å²) in [6, 6.07) is 10.2. The summed E-state index contributed by atoms with van der Waals surface area (Å²) in [5.41, 5.74) is 1.07. The molecule has 0 saturated heterocycles. The first-order valence-corrected chi connectivity index (χ1v) is 11.1. The molecule has 2 N–H and O–H groups in total. The minimum Gasteiger partial charge on any atom is -0.494 e. The zero-order valence-electron chi connectivity index (χ0n) is 16.7. The Bertz CT molecular complexity index is 1230. The fraction of sp³-hybridized carbons (Fsp3) is 0.150. The van der Waals surface area contributed by atoms with Crippen LogP contribution in [0.25, 0.3) is 0 Å². The predicted octanol–water partition coefficient (Wildman–Crippen LogP) is 4.46. The lowest BCUT2D eigenvalue weighted by atomic mass is 10.1. The third kappa shape index (κ3) is 5.25. The number of nitrogens with zero attached hydrogens (tertiary/aromatic N) is 2. The zero-order chi connectivity index (χ0) is 22.8. The van der Waals surface area contributed by atoms with E-state index < -0.39 is 15.9 Å². The van der Waals surface area contributed by atoms with Crippen LogP contribution >= 0.6 is 23.2 Å². The first kappa shape index (κ1) is 22.8. The molecule has 3 rings (SSSR count). The maximum absolute atomic E-state index is 12.7. The van der Waals surface area contributed by atoms with Crippen LogP contribution in [-0.2, 0) is 10.0 Å². The Morgan fingerprint density at radius 3 is 2.26 bits per heavy atom. The van der Waals surface area contributed by atoms with E-state index >= 15 is 0 Å². The summed E-state index contributed by atoms with van der Waals surface area (Å²) >= 11 is 12.2. The van der Waals surface area contributed by atoms with E-state index in [2.05, 4.69) is 20.0 Å². The van der Waals surface area contributed by atoms with Gasteiger partial charge in [-0.1, -0.05) is 23.2 Å². The van der Waals surface area contributed by atoms with Crippen LogP contribution in [0.3, 0.4) is 0 Å². The highest BCUT2D eigenvalue weighted by Crippen LogP contribution is 2.34. The number of anilines is 2. The number of aromatic nitrogens is 2. The van der Waals surface area contributed by atoms with E-state index in [0.29, 0.717) is 17.2 Å². The molecule has 0 spiro atoms. The number of nitrogens with one attached hydrogen (secondary N) is 2. The van der Waals surface area contributed by atoms with Gasteiger partial charge in [0.1, 0.15) is 17.2 Å². The number of methoxy groups -OCH3 is 1. The van der Waals surface area contributed by atoms with Crippen molar-refractivity contribution < 1.29 is 17.9 Å². The number of carbonyl (C=O) groups excluding carboxylic acids is 1. The number of sulfonamides is 1. The first-order chi connectivity index (χ1) is 14.6. The largest absolute Gasteiger partial charge is 0.494 e. The van der Waals surface area contributed by atoms with Gasteiger partial charge in [0, 0.05) is 17.4 Å². The molecule has 1 amide bonds. The number of ether oxygens (including phenoxy) is 1. The van der Waals surface area contributed by atoms with Gasteiger partial charge in [-0.05, 0) is 50.2 Å². The van der Waals surface area contributed by atoms with E-state index in [9.17, 15) is 13.2 Å². The standard InChI is InChI=1S/C20H18Cl2N4O4S/c1-11-10-17(24-12(2)23-11)26-31(28,29)14-6-4-13(5-7-14)25-20(27)18-15(21)8-9-16(22)19(18)30-3/h4-10H,1-3H3,(H,25,27)(H,23,24,26). The summed E-state index contributed by atoms with van der Waals surface area (Å²) in [6.45, 7) is 3.41. The Morgan fingerprint density at radius 2 is 1.65 bits per heavy atom. The molecule has 31 heavy (non-hydrogen) atoms. The molecule has 0 radical (unpaired) electrons. The lowest BCUT2D eigenvalue weighted by Crippen LogP contribution is -2.16. The van der Waals surface area contributed by atoms with Gasteiger partial charge >= 0.3 is 0 Å². The lowest BCUT2D eigenvalue weighted by Gasteiger charge is -2.13. The van der Waals surface area contributed by atoms with Crippen molar-refractivity contribution in [3.63, 3.8) is 0 Å². The van der Waals surface area contributed by atoms with Crippen LogP contribution in [0.2, 0.25) is 10.0 Å². The van der Waals surface area contributed by atoms with Crippen LogP contribution in [0.4, 0.5) is 11.5 Å². The Balaban J connectivity index is 1.80. The molecule has 0 aliphatic rings. The number of rotatable bonds is 6. The van der Waals surface area contributed by atoms with Gasteiger partial charge in [0.15, 0.2) is 5.75 Å². The van der Waals surface area contributed by atoms with Gasteiger partial charge in [-0.3, -0.25) is 9.52 Å². The molecular formula is C20H18Cl2N4O4S. The van der Waals surface area contributed by atoms with E-state index in [1.807, 2.05) is 0 Å². The van der Waals surface area contributed by atoms with Crippen molar-refractivity contribution in [1.29, 1.82) is 0 Å². The van der Waals surface area contributed by atoms with Crippen molar-refractivity contribution in [2.45, 2.75) is 18.7 Å². The SMILES string of the molecule is COc1c(Cl)ccc(Cl)c1C(=O)Nc1ccc(S(=O)(=O)Nc2cc(C)nc(C)n2)cc1. The number of aryl methyl sites for hydroxylation is 2. The van der Waals surface area contributed by atoms with Crippen molar-refractivity contribution in [2.24, 2.45) is 0 Å². The van der Waals surface area contributed by atoms with Gasteiger partial charge < -0.3 is 10.1 Å². The number of carbonyl (C=O) groups is 1. The Kier molecular flexibility index (Phi) is 6.68. The lowest BCUT2D eigenvalue weighted by molar-refractivity contribution is 0.102. The third-order valence-electron chi connectivity index (χ3n) is 4.12. The van der Waals surface area contributed by atoms with Crippen molar-refractivity contribution >= 4 is 50.6 Å². The van der Waals surface area contributed by atoms with Gasteiger partial charge in [0.05, 0.1) is 22.1 Å². The van der Waals surface area contributed by atoms with Crippen LogP contribution in [0, 0.1) is 13.8 Å². The van der Waals surface area contributed by atoms with Crippen LogP contribution in [-0.4, -0.2) is 31.4 Å². The van der Waals surface area contributed by atoms with E-state index in [1.165, 1.54) is 49.6 Å². The summed E-state index contributed by atoms with van der Waals surface area (Å²) in [6.07, 6.45) is 0. The van der Waals surface area contributed by atoms with Gasteiger partial charge in [-0.25, -0.2) is 18.4 Å². The van der Waals surface area contributed by atoms with Gasteiger partial charge in [0.25, 0.3) is 15.9 Å². The molecule has 0 saturated carbocycles. The Morgan fingerprint density at radius 1 is 1.00 bits per heavy atom. The molecule has 0 atom stereocenters. The highest BCUT2D eigenvalue weighted by Gasteiger charge is 2.20. The summed E-state index contributed by atoms with van der Waals surface area (Å²) in [5, 5.41) is 3.05. The topological polar surface area (TPSA) is 110 Å². The second-order valence-electron chi connectivity index (χ2n) is 6.46. The van der Waals surface area contributed by atoms with Crippen molar-refractivity contribution in [1.82, 2.24) is 9.97 Å². The van der Waals surface area contributed by atoms with E-state index in [-0.39, 0.29) is 32.1 Å². The number of amides is 1. The predicted molar refractivity (Wildman–Crippen MR) is 120 cm³/mol. The second kappa shape index (κ2) is 9.09. The Hall–Kier alpha value is -2.88. The number of halogens is 2. The first-order valence-electron chi connectivity index (χ1n) is 8.89. The smallest absolute Gasteiger partial charge is 0.263 e. The summed E-state index contributed by atoms with van der Waals surface area (Å²) in [7, 11) is -2.50. The highest BCUT2D eigenvalue weighted by molar-refractivity contribution is 7.92. The highest BCUT2D eigenvalue weighted by atomic mass is 35.5. The number of benzene rings is 2. The molecule has 0 aliphatic heterocycles. The molecule has 162 valence electrons. The molecule has 0 unspecified atom stereocenters. The molecule has 3 aromatic rings. The molecular weight excluding hydrogens is 463 g/mol. The summed E-state index contributed by atoms with van der Waals surface area (Å²) < 4.78 is 32.9. The number of hydrogen-bond acceptors (Lipinski definition) is 6. The van der Waals surface area contributed by atoms with Crippen LogP contribution in [0.1, 0.15) is 21.9 Å². The minimum absolute atomic E-state index is 0.00205. The van der Waals surface area contributed by atoms with Gasteiger partial charge in [0.2, 0.25) is 0 Å². The molecule has 1 aromatic heterocycles. The maximum atomic E-state index is 12.7. The molecule has 2 aromatic carbocycles. The monoisotopic (exact) mass is 480 g/mol. The third-order valence-corrected chi connectivity index (χ3v) is 6.10. The van der Waals surface area contributed by atoms with Crippen LogP contribution in [0.15, 0.2) is 47.4 Å². The fourth-order valence-corrected chi connectivity index (χ4v) is 4.28. The summed E-state index contributed by atoms with van der Waals surface area (Å²) in [5.74, 6) is 0.214. The zero-order valence-corrected chi connectivity index (χ0v) is 19.1.